The third-order valence-electron chi connectivity index (χ3n) is 5.13. The number of nitrogens with two attached hydrogens (primary N) is 1. The molecule has 1 fully saturated rings. The van der Waals surface area contributed by atoms with E-state index in [1.165, 1.54) is 23.5 Å². The fraction of sp³-hybridized carbons (Fsp3) is 0.240. The van der Waals surface area contributed by atoms with E-state index in [1.807, 2.05) is 6.07 Å². The molecule has 3 aromatic rings. The minimum Gasteiger partial charge on any atom is -0.478 e. The van der Waals surface area contributed by atoms with E-state index in [2.05, 4.69) is 24.8 Å². The highest BCUT2D eigenvalue weighted by Crippen LogP contribution is 2.24. The van der Waals surface area contributed by atoms with E-state index >= 15 is 0 Å². The predicted molar refractivity (Wildman–Crippen MR) is 146 cm³/mol. The van der Waals surface area contributed by atoms with Gasteiger partial charge in [0.15, 0.2) is 0 Å². The number of rotatable bonds is 8. The van der Waals surface area contributed by atoms with Crippen LogP contribution in [0.5, 0.6) is 0 Å². The Kier molecular flexibility index (Phi) is 12.9. The molecule has 0 aliphatic carbocycles. The third kappa shape index (κ3) is 12.3. The Morgan fingerprint density at radius 3 is 1.90 bits per heavy atom. The monoisotopic (exact) mass is 590 g/mol. The average Bonchev–Trinajstić information content (AvgIpc) is 3.33. The summed E-state index contributed by atoms with van der Waals surface area (Å²) >= 11 is 1.51. The number of piperazine rings is 1. The Morgan fingerprint density at radius 1 is 0.902 bits per heavy atom. The zero-order valence-electron chi connectivity index (χ0n) is 21.4. The number of halogens is 1. The molecule has 1 unspecified atom stereocenters. The number of carboxylic acids is 4. The molecule has 41 heavy (non-hydrogen) atoms. The first-order valence-electron chi connectivity index (χ1n) is 11.8. The number of aromatic nitrogens is 3. The van der Waals surface area contributed by atoms with Crippen molar-refractivity contribution in [2.75, 3.05) is 31.1 Å². The maximum absolute atomic E-state index is 13.3. The molecule has 1 atom stereocenters. The number of benzene rings is 1. The molecule has 0 bridgehead atoms. The van der Waals surface area contributed by atoms with Crippen LogP contribution in [0.4, 0.5) is 10.3 Å². The van der Waals surface area contributed by atoms with Gasteiger partial charge in [0.25, 0.3) is 0 Å². The highest BCUT2D eigenvalue weighted by Gasteiger charge is 2.23. The molecule has 6 N–H and O–H groups in total. The standard InChI is InChI=1S/C17H19FN6S.2C4H4O4/c18-12-2-3-13-14(10-12)25-16(22-13)11-15(19)23-6-8-24(9-7-23)17-20-4-1-5-21-17;2*5-3(6)1-2-4(7)8/h1-5,10,15H,6-9,11,19H2;2*1-2H,(H,5,6)(H,7,8). The van der Waals surface area contributed by atoms with Gasteiger partial charge in [0.1, 0.15) is 5.82 Å². The molecule has 218 valence electrons. The van der Waals surface area contributed by atoms with Crippen LogP contribution in [-0.4, -0.2) is 96.5 Å². The zero-order valence-corrected chi connectivity index (χ0v) is 22.2. The van der Waals surface area contributed by atoms with E-state index in [0.717, 1.165) is 47.4 Å². The smallest absolute Gasteiger partial charge is 0.328 e. The summed E-state index contributed by atoms with van der Waals surface area (Å²) in [6.45, 7) is 3.42. The molecule has 1 aliphatic heterocycles. The second-order valence-corrected chi connectivity index (χ2v) is 9.20. The second-order valence-electron chi connectivity index (χ2n) is 8.08. The molecule has 0 spiro atoms. The Labute approximate surface area is 236 Å². The molecule has 3 heterocycles. The van der Waals surface area contributed by atoms with Crippen LogP contribution in [-0.2, 0) is 25.6 Å². The molecule has 1 aromatic carbocycles. The lowest BCUT2D eigenvalue weighted by molar-refractivity contribution is -0.134. The summed E-state index contributed by atoms with van der Waals surface area (Å²) in [6, 6.07) is 6.51. The topological polar surface area (TPSA) is 220 Å². The SMILES string of the molecule is NC(Cc1nc2ccc(F)cc2s1)N1CCN(c2ncccn2)CC1.O=C(O)C=CC(=O)O.O=C(O)C=CC(=O)O. The Balaban J connectivity index is 0.000000304. The first-order valence-corrected chi connectivity index (χ1v) is 12.6. The molecule has 1 aliphatic rings. The normalized spacial score (nSPS) is 14.1. The summed E-state index contributed by atoms with van der Waals surface area (Å²) in [7, 11) is 0. The molecule has 4 rings (SSSR count). The van der Waals surface area contributed by atoms with Crippen molar-refractivity contribution >= 4 is 51.4 Å². The Morgan fingerprint density at radius 2 is 1.41 bits per heavy atom. The number of nitrogens with zero attached hydrogens (tertiary/aromatic N) is 5. The minimum atomic E-state index is -1.26. The van der Waals surface area contributed by atoms with E-state index < -0.39 is 23.9 Å². The van der Waals surface area contributed by atoms with Gasteiger partial charge >= 0.3 is 23.9 Å². The van der Waals surface area contributed by atoms with Gasteiger partial charge in [0.05, 0.1) is 21.4 Å². The van der Waals surface area contributed by atoms with Gasteiger partial charge in [-0.3, -0.25) is 4.90 Å². The highest BCUT2D eigenvalue weighted by atomic mass is 32.1. The lowest BCUT2D eigenvalue weighted by Crippen LogP contribution is -2.54. The van der Waals surface area contributed by atoms with Crippen LogP contribution in [0.15, 0.2) is 61.0 Å². The highest BCUT2D eigenvalue weighted by molar-refractivity contribution is 7.18. The molecule has 1 saturated heterocycles. The van der Waals surface area contributed by atoms with Crippen LogP contribution in [0.2, 0.25) is 0 Å². The van der Waals surface area contributed by atoms with Gasteiger partial charge in [0, 0.05) is 69.3 Å². The Hall–Kier alpha value is -4.80. The number of anilines is 1. The molecular weight excluding hydrogens is 563 g/mol. The predicted octanol–water partition coefficient (Wildman–Crippen LogP) is 1.30. The summed E-state index contributed by atoms with van der Waals surface area (Å²) in [5.41, 5.74) is 7.22. The van der Waals surface area contributed by atoms with Crippen LogP contribution in [0, 0.1) is 5.82 Å². The number of hydrogen-bond acceptors (Lipinski definition) is 11. The number of hydrogen-bond donors (Lipinski definition) is 5. The number of carbonyl (C=O) groups is 4. The van der Waals surface area contributed by atoms with Gasteiger partial charge in [-0.15, -0.1) is 11.3 Å². The lowest BCUT2D eigenvalue weighted by Gasteiger charge is -2.37. The molecule has 0 saturated carbocycles. The van der Waals surface area contributed by atoms with Crippen LogP contribution in [0.25, 0.3) is 10.2 Å². The quantitative estimate of drug-likeness (QED) is 0.233. The van der Waals surface area contributed by atoms with Crippen molar-refractivity contribution in [3.05, 3.63) is 71.8 Å². The van der Waals surface area contributed by atoms with Crippen molar-refractivity contribution in [1.29, 1.82) is 0 Å². The van der Waals surface area contributed by atoms with Crippen LogP contribution >= 0.6 is 11.3 Å². The summed E-state index contributed by atoms with van der Waals surface area (Å²) in [5.74, 6) is -4.49. The molecule has 0 radical (unpaired) electrons. The van der Waals surface area contributed by atoms with Gasteiger partial charge in [-0.1, -0.05) is 0 Å². The third-order valence-corrected chi connectivity index (χ3v) is 6.17. The summed E-state index contributed by atoms with van der Waals surface area (Å²) in [4.78, 5) is 55.8. The van der Waals surface area contributed by atoms with Crippen LogP contribution < -0.4 is 10.6 Å². The summed E-state index contributed by atoms with van der Waals surface area (Å²) in [5, 5.41) is 32.2. The molecular formula is C25H27FN6O8S. The van der Waals surface area contributed by atoms with E-state index in [9.17, 15) is 23.6 Å². The van der Waals surface area contributed by atoms with Gasteiger partial charge < -0.3 is 31.1 Å². The number of fused-ring (bicyclic) bond motifs is 1. The molecule has 0 amide bonds. The fourth-order valence-electron chi connectivity index (χ4n) is 3.33. The maximum atomic E-state index is 13.3. The van der Waals surface area contributed by atoms with Gasteiger partial charge in [0.2, 0.25) is 5.95 Å². The van der Waals surface area contributed by atoms with Gasteiger partial charge in [-0.25, -0.2) is 38.5 Å². The van der Waals surface area contributed by atoms with Crippen molar-refractivity contribution in [3.63, 3.8) is 0 Å². The largest absolute Gasteiger partial charge is 0.478 e. The number of aliphatic carboxylic acids is 4. The average molecular weight is 591 g/mol. The van der Waals surface area contributed by atoms with Gasteiger partial charge in [-0.05, 0) is 24.3 Å². The summed E-state index contributed by atoms with van der Waals surface area (Å²) < 4.78 is 14.2. The van der Waals surface area contributed by atoms with E-state index in [-0.39, 0.29) is 12.0 Å². The molecule has 2 aromatic heterocycles. The van der Waals surface area contributed by atoms with Crippen molar-refractivity contribution in [2.45, 2.75) is 12.6 Å². The lowest BCUT2D eigenvalue weighted by atomic mass is 10.2. The fourth-order valence-corrected chi connectivity index (χ4v) is 4.38. The first kappa shape index (κ1) is 32.4. The maximum Gasteiger partial charge on any atom is 0.328 e. The molecule has 14 nitrogen and oxygen atoms in total. The van der Waals surface area contributed by atoms with Crippen LogP contribution in [0.1, 0.15) is 5.01 Å². The van der Waals surface area contributed by atoms with E-state index in [1.54, 1.807) is 18.5 Å². The van der Waals surface area contributed by atoms with Gasteiger partial charge in [-0.2, -0.15) is 0 Å². The second kappa shape index (κ2) is 16.3. The van der Waals surface area contributed by atoms with Crippen molar-refractivity contribution in [2.24, 2.45) is 5.73 Å². The molecule has 16 heteroatoms. The van der Waals surface area contributed by atoms with Crippen molar-refractivity contribution in [1.82, 2.24) is 19.9 Å². The van der Waals surface area contributed by atoms with E-state index in [0.29, 0.717) is 30.7 Å². The van der Waals surface area contributed by atoms with Crippen molar-refractivity contribution in [3.8, 4) is 0 Å². The summed E-state index contributed by atoms with van der Waals surface area (Å²) in [6.07, 6.45) is 6.33. The number of carboxylic acid groups (broad SMARTS) is 4. The van der Waals surface area contributed by atoms with Crippen LogP contribution in [0.3, 0.4) is 0 Å². The van der Waals surface area contributed by atoms with E-state index in [4.69, 9.17) is 26.2 Å². The zero-order chi connectivity index (χ0) is 30.4. The Bertz CT molecular complexity index is 1330. The minimum absolute atomic E-state index is 0.0933. The first-order chi connectivity index (χ1) is 19.4. The van der Waals surface area contributed by atoms with Crippen molar-refractivity contribution < 1.29 is 44.0 Å². The number of thiazole rings is 1.